The summed E-state index contributed by atoms with van der Waals surface area (Å²) in [6.07, 6.45) is 6.16. The lowest BCUT2D eigenvalue weighted by atomic mass is 10.1. The van der Waals surface area contributed by atoms with E-state index in [9.17, 15) is 0 Å². The molecule has 0 saturated heterocycles. The number of hydrogen-bond donors (Lipinski definition) is 1. The molecule has 1 aliphatic carbocycles. The van der Waals surface area contributed by atoms with Gasteiger partial charge in [-0.05, 0) is 25.7 Å². The zero-order valence-electron chi connectivity index (χ0n) is 9.49. The zero-order valence-corrected chi connectivity index (χ0v) is 10.3. The largest absolute Gasteiger partial charge is 0.358 e. The number of anilines is 1. The molecule has 0 aliphatic heterocycles. The van der Waals surface area contributed by atoms with Crippen LogP contribution in [0.2, 0.25) is 0 Å². The lowest BCUT2D eigenvalue weighted by molar-refractivity contribution is 0.622. The van der Waals surface area contributed by atoms with E-state index in [1.54, 1.807) is 0 Å². The first-order valence-corrected chi connectivity index (χ1v) is 6.71. The molecule has 3 nitrogen and oxygen atoms in total. The fourth-order valence-corrected chi connectivity index (χ4v) is 2.43. The smallest absolute Gasteiger partial charge is 0.202 e. The lowest BCUT2D eigenvalue weighted by Crippen LogP contribution is -2.17. The van der Waals surface area contributed by atoms with Gasteiger partial charge in [0.2, 0.25) is 5.13 Å². The van der Waals surface area contributed by atoms with Crippen LogP contribution < -0.4 is 5.32 Å². The van der Waals surface area contributed by atoms with Gasteiger partial charge in [-0.25, -0.2) is 4.98 Å². The molecule has 1 fully saturated rings. The van der Waals surface area contributed by atoms with Gasteiger partial charge < -0.3 is 5.32 Å². The third kappa shape index (κ3) is 2.91. The molecule has 4 heteroatoms. The summed E-state index contributed by atoms with van der Waals surface area (Å²) in [5, 5.41) is 4.49. The van der Waals surface area contributed by atoms with E-state index in [1.165, 1.54) is 37.2 Å². The van der Waals surface area contributed by atoms with Gasteiger partial charge in [-0.2, -0.15) is 4.37 Å². The van der Waals surface area contributed by atoms with Crippen LogP contribution in [0.4, 0.5) is 5.13 Å². The van der Waals surface area contributed by atoms with E-state index < -0.39 is 0 Å². The second-order valence-electron chi connectivity index (χ2n) is 4.27. The van der Waals surface area contributed by atoms with Crippen LogP contribution in [0.5, 0.6) is 0 Å². The molecule has 0 amide bonds. The number of rotatable bonds is 6. The summed E-state index contributed by atoms with van der Waals surface area (Å²) in [7, 11) is 0. The van der Waals surface area contributed by atoms with E-state index in [1.807, 2.05) is 0 Å². The topological polar surface area (TPSA) is 37.8 Å². The van der Waals surface area contributed by atoms with Gasteiger partial charge in [-0.3, -0.25) is 0 Å². The van der Waals surface area contributed by atoms with Crippen molar-refractivity contribution in [2.45, 2.75) is 57.9 Å². The summed E-state index contributed by atoms with van der Waals surface area (Å²) in [6, 6.07) is 0.565. The van der Waals surface area contributed by atoms with Crippen LogP contribution in [0.25, 0.3) is 0 Å². The number of nitrogens with zero attached hydrogens (tertiary/aromatic N) is 2. The minimum Gasteiger partial charge on any atom is -0.358 e. The highest BCUT2D eigenvalue weighted by molar-refractivity contribution is 7.09. The van der Waals surface area contributed by atoms with Crippen molar-refractivity contribution in [1.29, 1.82) is 0 Å². The number of aromatic nitrogens is 2. The highest BCUT2D eigenvalue weighted by Crippen LogP contribution is 2.39. The van der Waals surface area contributed by atoms with E-state index in [0.29, 0.717) is 12.0 Å². The maximum atomic E-state index is 4.54. The van der Waals surface area contributed by atoms with Gasteiger partial charge in [0, 0.05) is 23.5 Å². The van der Waals surface area contributed by atoms with Crippen LogP contribution in [0.1, 0.15) is 57.7 Å². The molecule has 1 aromatic rings. The van der Waals surface area contributed by atoms with Crippen LogP contribution in [0.15, 0.2) is 0 Å². The Morgan fingerprint density at radius 3 is 2.87 bits per heavy atom. The average molecular weight is 225 g/mol. The molecule has 0 bridgehead atoms. The van der Waals surface area contributed by atoms with Gasteiger partial charge in [0.25, 0.3) is 0 Å². The van der Waals surface area contributed by atoms with Crippen molar-refractivity contribution in [3.8, 4) is 0 Å². The van der Waals surface area contributed by atoms with Crippen molar-refractivity contribution in [1.82, 2.24) is 9.36 Å². The van der Waals surface area contributed by atoms with Crippen molar-refractivity contribution in [2.24, 2.45) is 0 Å². The Bertz CT molecular complexity index is 307. The Hall–Kier alpha value is -0.640. The number of nitrogens with one attached hydrogen (secondary N) is 1. The quantitative estimate of drug-likeness (QED) is 0.806. The van der Waals surface area contributed by atoms with E-state index in [0.717, 1.165) is 17.4 Å². The van der Waals surface area contributed by atoms with E-state index in [2.05, 4.69) is 28.5 Å². The molecule has 15 heavy (non-hydrogen) atoms. The summed E-state index contributed by atoms with van der Waals surface area (Å²) in [4.78, 5) is 4.54. The lowest BCUT2D eigenvalue weighted by Gasteiger charge is -2.14. The Morgan fingerprint density at radius 1 is 1.47 bits per heavy atom. The molecule has 1 atom stereocenters. The predicted molar refractivity (Wildman–Crippen MR) is 64.5 cm³/mol. The standard InChI is InChI=1S/C11H19N3S/c1-3-5-9(4-2)12-11-13-10(14-15-11)8-6-7-8/h8-9H,3-7H2,1-2H3,(H,12,13,14). The third-order valence-corrected chi connectivity index (χ3v) is 3.50. The Labute approximate surface area is 95.5 Å². The molecular weight excluding hydrogens is 206 g/mol. The van der Waals surface area contributed by atoms with E-state index in [-0.39, 0.29) is 0 Å². The van der Waals surface area contributed by atoms with Gasteiger partial charge in [-0.1, -0.05) is 20.3 Å². The third-order valence-electron chi connectivity index (χ3n) is 2.84. The molecule has 0 radical (unpaired) electrons. The molecule has 1 N–H and O–H groups in total. The van der Waals surface area contributed by atoms with E-state index in [4.69, 9.17) is 0 Å². The van der Waals surface area contributed by atoms with Crippen LogP contribution in [-0.4, -0.2) is 15.4 Å². The summed E-state index contributed by atoms with van der Waals surface area (Å²) >= 11 is 1.52. The first-order valence-electron chi connectivity index (χ1n) is 5.93. The highest BCUT2D eigenvalue weighted by atomic mass is 32.1. The SMILES string of the molecule is CCCC(CC)Nc1nc(C2CC2)ns1. The van der Waals surface area contributed by atoms with Gasteiger partial charge in [0.1, 0.15) is 5.82 Å². The van der Waals surface area contributed by atoms with Gasteiger partial charge >= 0.3 is 0 Å². The maximum absolute atomic E-state index is 4.54. The molecule has 1 saturated carbocycles. The fraction of sp³-hybridized carbons (Fsp3) is 0.818. The predicted octanol–water partition coefficient (Wildman–Crippen LogP) is 3.41. The maximum Gasteiger partial charge on any atom is 0.202 e. The first-order chi connectivity index (χ1) is 7.33. The van der Waals surface area contributed by atoms with Crippen LogP contribution in [-0.2, 0) is 0 Å². The minimum atomic E-state index is 0.565. The van der Waals surface area contributed by atoms with Gasteiger partial charge in [-0.15, -0.1) is 0 Å². The van der Waals surface area contributed by atoms with E-state index >= 15 is 0 Å². The summed E-state index contributed by atoms with van der Waals surface area (Å²) in [5.74, 6) is 1.73. The summed E-state index contributed by atoms with van der Waals surface area (Å²) in [6.45, 7) is 4.44. The molecule has 0 spiro atoms. The summed E-state index contributed by atoms with van der Waals surface area (Å²) in [5.41, 5.74) is 0. The van der Waals surface area contributed by atoms with Crippen molar-refractivity contribution in [3.05, 3.63) is 5.82 Å². The molecule has 2 rings (SSSR count). The van der Waals surface area contributed by atoms with Crippen LogP contribution in [0.3, 0.4) is 0 Å². The average Bonchev–Trinajstić information content (AvgIpc) is 2.99. The van der Waals surface area contributed by atoms with Crippen molar-refractivity contribution < 1.29 is 0 Å². The molecule has 1 unspecified atom stereocenters. The molecule has 0 aromatic carbocycles. The second-order valence-corrected chi connectivity index (χ2v) is 5.02. The highest BCUT2D eigenvalue weighted by Gasteiger charge is 2.27. The molecule has 1 aromatic heterocycles. The zero-order chi connectivity index (χ0) is 10.7. The molecule has 1 heterocycles. The van der Waals surface area contributed by atoms with Crippen LogP contribution >= 0.6 is 11.5 Å². The van der Waals surface area contributed by atoms with Crippen LogP contribution in [0, 0.1) is 0 Å². The van der Waals surface area contributed by atoms with Crippen molar-refractivity contribution in [2.75, 3.05) is 5.32 Å². The first kappa shape index (κ1) is 10.9. The Balaban J connectivity index is 1.90. The van der Waals surface area contributed by atoms with Crippen molar-refractivity contribution in [3.63, 3.8) is 0 Å². The second kappa shape index (κ2) is 4.92. The summed E-state index contributed by atoms with van der Waals surface area (Å²) < 4.78 is 4.39. The fourth-order valence-electron chi connectivity index (χ4n) is 1.70. The van der Waals surface area contributed by atoms with Gasteiger partial charge in [0.05, 0.1) is 0 Å². The number of hydrogen-bond acceptors (Lipinski definition) is 4. The minimum absolute atomic E-state index is 0.565. The Kier molecular flexibility index (Phi) is 3.57. The van der Waals surface area contributed by atoms with Crippen molar-refractivity contribution >= 4 is 16.7 Å². The van der Waals surface area contributed by atoms with Gasteiger partial charge in [0.15, 0.2) is 0 Å². The molecular formula is C11H19N3S. The molecule has 84 valence electrons. The Morgan fingerprint density at radius 2 is 2.27 bits per heavy atom. The monoisotopic (exact) mass is 225 g/mol. The normalized spacial score (nSPS) is 17.7. The molecule has 1 aliphatic rings.